The Labute approximate surface area is 120 Å². The van der Waals surface area contributed by atoms with Crippen LogP contribution in [0.2, 0.25) is 0 Å². The Balaban J connectivity index is 2.37. The molecule has 3 heteroatoms. The minimum atomic E-state index is -0.00752. The Morgan fingerprint density at radius 2 is 1.70 bits per heavy atom. The van der Waals surface area contributed by atoms with Crippen molar-refractivity contribution in [3.05, 3.63) is 62.3 Å². The number of benzene rings is 1. The van der Waals surface area contributed by atoms with Crippen LogP contribution in [0.4, 0.5) is 0 Å². The summed E-state index contributed by atoms with van der Waals surface area (Å²) in [5.74, 6) is 0.934. The van der Waals surface area contributed by atoms with E-state index in [2.05, 4.69) is 42.0 Å². The number of aryl methyl sites for hydroxylation is 3. The standard InChI is InChI=1S/C17H22N2O/c1-10(2)16-13(5)18-15(19-17(16)20)9-14-7-11(3)6-12(4)8-14/h6-8,10H,9H2,1-5H3,(H,18,19,20). The fourth-order valence-corrected chi connectivity index (χ4v) is 2.78. The third kappa shape index (κ3) is 3.16. The lowest BCUT2D eigenvalue weighted by Crippen LogP contribution is -2.20. The second kappa shape index (κ2) is 5.61. The average Bonchev–Trinajstić information content (AvgIpc) is 2.25. The molecule has 0 bridgehead atoms. The van der Waals surface area contributed by atoms with Crippen LogP contribution in [0.5, 0.6) is 0 Å². The maximum atomic E-state index is 12.1. The van der Waals surface area contributed by atoms with Gasteiger partial charge in [0.25, 0.3) is 5.56 Å². The number of nitrogens with zero attached hydrogens (tertiary/aromatic N) is 1. The van der Waals surface area contributed by atoms with Crippen molar-refractivity contribution in [2.45, 2.75) is 47.0 Å². The van der Waals surface area contributed by atoms with Gasteiger partial charge in [0, 0.05) is 17.7 Å². The highest BCUT2D eigenvalue weighted by Gasteiger charge is 2.11. The minimum Gasteiger partial charge on any atom is -0.310 e. The van der Waals surface area contributed by atoms with Crippen molar-refractivity contribution in [1.29, 1.82) is 0 Å². The first-order valence-corrected chi connectivity index (χ1v) is 7.03. The lowest BCUT2D eigenvalue weighted by Gasteiger charge is -2.10. The second-order valence-electron chi connectivity index (χ2n) is 5.84. The molecule has 1 N–H and O–H groups in total. The van der Waals surface area contributed by atoms with Gasteiger partial charge in [-0.25, -0.2) is 4.98 Å². The molecule has 0 saturated heterocycles. The van der Waals surface area contributed by atoms with E-state index >= 15 is 0 Å². The Hall–Kier alpha value is -1.90. The normalized spacial score (nSPS) is 11.1. The first kappa shape index (κ1) is 14.5. The molecule has 0 radical (unpaired) electrons. The van der Waals surface area contributed by atoms with Crippen LogP contribution in [-0.4, -0.2) is 9.97 Å². The number of H-pyrrole nitrogens is 1. The van der Waals surface area contributed by atoms with Crippen LogP contribution in [0.25, 0.3) is 0 Å². The average molecular weight is 270 g/mol. The molecule has 0 aliphatic rings. The summed E-state index contributed by atoms with van der Waals surface area (Å²) >= 11 is 0. The largest absolute Gasteiger partial charge is 0.310 e. The van der Waals surface area contributed by atoms with Gasteiger partial charge in [-0.15, -0.1) is 0 Å². The maximum absolute atomic E-state index is 12.1. The topological polar surface area (TPSA) is 45.8 Å². The third-order valence-corrected chi connectivity index (χ3v) is 3.43. The smallest absolute Gasteiger partial charge is 0.254 e. The molecule has 0 unspecified atom stereocenters. The van der Waals surface area contributed by atoms with Gasteiger partial charge in [0.15, 0.2) is 0 Å². The molecule has 0 fully saturated rings. The van der Waals surface area contributed by atoms with E-state index in [9.17, 15) is 4.79 Å². The molecular weight excluding hydrogens is 248 g/mol. The van der Waals surface area contributed by atoms with Crippen LogP contribution in [0.15, 0.2) is 23.0 Å². The monoisotopic (exact) mass is 270 g/mol. The van der Waals surface area contributed by atoms with Crippen molar-refractivity contribution in [1.82, 2.24) is 9.97 Å². The fraction of sp³-hybridized carbons (Fsp3) is 0.412. The van der Waals surface area contributed by atoms with Crippen LogP contribution in [0, 0.1) is 20.8 Å². The SMILES string of the molecule is Cc1cc(C)cc(Cc2nc(C)c(C(C)C)c(=O)[nH]2)c1. The molecule has 20 heavy (non-hydrogen) atoms. The Morgan fingerprint density at radius 3 is 2.20 bits per heavy atom. The highest BCUT2D eigenvalue weighted by atomic mass is 16.1. The van der Waals surface area contributed by atoms with Gasteiger partial charge in [-0.1, -0.05) is 43.2 Å². The van der Waals surface area contributed by atoms with E-state index in [1.807, 2.05) is 20.8 Å². The third-order valence-electron chi connectivity index (χ3n) is 3.43. The molecule has 106 valence electrons. The summed E-state index contributed by atoms with van der Waals surface area (Å²) < 4.78 is 0. The maximum Gasteiger partial charge on any atom is 0.254 e. The molecule has 3 nitrogen and oxygen atoms in total. The summed E-state index contributed by atoms with van der Waals surface area (Å²) in [7, 11) is 0. The Kier molecular flexibility index (Phi) is 4.07. The number of aromatic nitrogens is 2. The van der Waals surface area contributed by atoms with Gasteiger partial charge >= 0.3 is 0 Å². The molecule has 2 aromatic rings. The molecule has 1 aromatic heterocycles. The lowest BCUT2D eigenvalue weighted by atomic mass is 10.0. The van der Waals surface area contributed by atoms with E-state index in [0.29, 0.717) is 6.42 Å². The molecular formula is C17H22N2O. The van der Waals surface area contributed by atoms with Crippen molar-refractivity contribution >= 4 is 0 Å². The zero-order valence-electron chi connectivity index (χ0n) is 12.9. The molecule has 0 aliphatic carbocycles. The van der Waals surface area contributed by atoms with Gasteiger partial charge in [-0.2, -0.15) is 0 Å². The molecule has 0 spiro atoms. The van der Waals surface area contributed by atoms with Crippen LogP contribution in [0.3, 0.4) is 0 Å². The van der Waals surface area contributed by atoms with E-state index < -0.39 is 0 Å². The van der Waals surface area contributed by atoms with Gasteiger partial charge < -0.3 is 4.98 Å². The summed E-state index contributed by atoms with van der Waals surface area (Å²) in [4.78, 5) is 19.6. The van der Waals surface area contributed by atoms with Gasteiger partial charge in [-0.3, -0.25) is 4.79 Å². The molecule has 1 aromatic carbocycles. The molecule has 0 amide bonds. The Bertz CT molecular complexity index is 664. The molecule has 0 saturated carbocycles. The van der Waals surface area contributed by atoms with E-state index in [-0.39, 0.29) is 11.5 Å². The lowest BCUT2D eigenvalue weighted by molar-refractivity contribution is 0.791. The molecule has 0 atom stereocenters. The van der Waals surface area contributed by atoms with Gasteiger partial charge in [-0.05, 0) is 32.3 Å². The Morgan fingerprint density at radius 1 is 1.10 bits per heavy atom. The van der Waals surface area contributed by atoms with Gasteiger partial charge in [0.1, 0.15) is 5.82 Å². The van der Waals surface area contributed by atoms with Crippen molar-refractivity contribution in [3.63, 3.8) is 0 Å². The summed E-state index contributed by atoms with van der Waals surface area (Å²) in [6, 6.07) is 6.42. The molecule has 0 aliphatic heterocycles. The quantitative estimate of drug-likeness (QED) is 0.929. The van der Waals surface area contributed by atoms with Gasteiger partial charge in [0.05, 0.1) is 0 Å². The fourth-order valence-electron chi connectivity index (χ4n) is 2.78. The van der Waals surface area contributed by atoms with E-state index in [4.69, 9.17) is 0 Å². The van der Waals surface area contributed by atoms with Crippen LogP contribution < -0.4 is 5.56 Å². The minimum absolute atomic E-state index is 0.00752. The zero-order chi connectivity index (χ0) is 14.9. The van der Waals surface area contributed by atoms with Gasteiger partial charge in [0.2, 0.25) is 0 Å². The predicted molar refractivity (Wildman–Crippen MR) is 82.4 cm³/mol. The number of hydrogen-bond acceptors (Lipinski definition) is 2. The van der Waals surface area contributed by atoms with E-state index in [1.54, 1.807) is 0 Å². The number of rotatable bonds is 3. The summed E-state index contributed by atoms with van der Waals surface area (Å²) in [5.41, 5.74) is 5.27. The molecule has 1 heterocycles. The highest BCUT2D eigenvalue weighted by molar-refractivity contribution is 5.31. The predicted octanol–water partition coefficient (Wildman–Crippen LogP) is 3.41. The number of nitrogens with one attached hydrogen (secondary N) is 1. The number of aromatic amines is 1. The summed E-state index contributed by atoms with van der Waals surface area (Å²) in [5, 5.41) is 0. The van der Waals surface area contributed by atoms with Crippen molar-refractivity contribution in [3.8, 4) is 0 Å². The van der Waals surface area contributed by atoms with Crippen molar-refractivity contribution < 1.29 is 0 Å². The second-order valence-corrected chi connectivity index (χ2v) is 5.84. The first-order valence-electron chi connectivity index (χ1n) is 7.03. The van der Waals surface area contributed by atoms with Crippen molar-refractivity contribution in [2.75, 3.05) is 0 Å². The summed E-state index contributed by atoms with van der Waals surface area (Å²) in [6.45, 7) is 10.1. The molecule has 2 rings (SSSR count). The zero-order valence-corrected chi connectivity index (χ0v) is 12.9. The highest BCUT2D eigenvalue weighted by Crippen LogP contribution is 2.15. The van der Waals surface area contributed by atoms with E-state index in [0.717, 1.165) is 17.1 Å². The van der Waals surface area contributed by atoms with E-state index in [1.165, 1.54) is 16.7 Å². The number of hydrogen-bond donors (Lipinski definition) is 1. The first-order chi connectivity index (χ1) is 9.36. The summed E-state index contributed by atoms with van der Waals surface area (Å²) in [6.07, 6.45) is 0.664. The van der Waals surface area contributed by atoms with Crippen LogP contribution >= 0.6 is 0 Å². The van der Waals surface area contributed by atoms with Crippen molar-refractivity contribution in [2.24, 2.45) is 0 Å². The van der Waals surface area contributed by atoms with Crippen LogP contribution in [0.1, 0.15) is 53.5 Å². The van der Waals surface area contributed by atoms with Crippen LogP contribution in [-0.2, 0) is 6.42 Å².